The molecule has 6 nitrogen and oxygen atoms in total. The Kier molecular flexibility index (Phi) is 9.02. The van der Waals surface area contributed by atoms with Crippen LogP contribution < -0.4 is 4.74 Å². The molecule has 1 aliphatic rings. The van der Waals surface area contributed by atoms with Crippen LogP contribution >= 0.6 is 0 Å². The van der Waals surface area contributed by atoms with Gasteiger partial charge in [-0.25, -0.2) is 4.39 Å². The number of aliphatic hydroxyl groups excluding tert-OH is 1. The lowest BCUT2D eigenvalue weighted by Crippen LogP contribution is -2.39. The zero-order valence-corrected chi connectivity index (χ0v) is 19.0. The highest BCUT2D eigenvalue weighted by atomic mass is 19.1. The summed E-state index contributed by atoms with van der Waals surface area (Å²) in [5, 5.41) is 14.8. The van der Waals surface area contributed by atoms with Crippen molar-refractivity contribution in [1.29, 1.82) is 0 Å². The van der Waals surface area contributed by atoms with Gasteiger partial charge in [0.1, 0.15) is 17.7 Å². The molecule has 0 aromatic heterocycles. The van der Waals surface area contributed by atoms with Crippen molar-refractivity contribution in [1.82, 2.24) is 4.90 Å². The molecule has 0 saturated carbocycles. The molecular formula is C25H33FN2O4. The normalized spacial score (nSPS) is 16.8. The van der Waals surface area contributed by atoms with Crippen molar-refractivity contribution in [2.45, 2.75) is 39.0 Å². The topological polar surface area (TPSA) is 63.5 Å². The van der Waals surface area contributed by atoms with Gasteiger partial charge in [0.15, 0.2) is 0 Å². The van der Waals surface area contributed by atoms with Crippen LogP contribution in [0.2, 0.25) is 0 Å². The fraction of sp³-hybridized carbons (Fsp3) is 0.480. The fourth-order valence-corrected chi connectivity index (χ4v) is 3.65. The Labute approximate surface area is 189 Å². The third-order valence-electron chi connectivity index (χ3n) is 5.14. The SMILES string of the molecule is COc1cccc(CN(C[C@@H](O)COCC(C)C)C[C@H]2CC(c3ccc(F)cc3)=NO2)c1. The van der Waals surface area contributed by atoms with Crippen molar-refractivity contribution in [3.8, 4) is 5.75 Å². The van der Waals surface area contributed by atoms with E-state index in [1.54, 1.807) is 19.2 Å². The summed E-state index contributed by atoms with van der Waals surface area (Å²) in [7, 11) is 1.65. The average Bonchev–Trinajstić information content (AvgIpc) is 3.22. The second-order valence-corrected chi connectivity index (χ2v) is 8.61. The van der Waals surface area contributed by atoms with Gasteiger partial charge in [-0.3, -0.25) is 4.90 Å². The minimum atomic E-state index is -0.613. The highest BCUT2D eigenvalue weighted by molar-refractivity contribution is 6.01. The maximum absolute atomic E-state index is 13.2. The van der Waals surface area contributed by atoms with Crippen molar-refractivity contribution in [2.24, 2.45) is 11.1 Å². The van der Waals surface area contributed by atoms with Crippen molar-refractivity contribution >= 4 is 5.71 Å². The number of nitrogens with zero attached hydrogens (tertiary/aromatic N) is 2. The number of oxime groups is 1. The molecule has 0 aliphatic carbocycles. The van der Waals surface area contributed by atoms with Crippen LogP contribution in [-0.4, -0.2) is 61.3 Å². The fourth-order valence-electron chi connectivity index (χ4n) is 3.65. The molecule has 0 unspecified atom stereocenters. The Morgan fingerprint density at radius 1 is 1.19 bits per heavy atom. The molecule has 0 bridgehead atoms. The number of hydrogen-bond acceptors (Lipinski definition) is 6. The summed E-state index contributed by atoms with van der Waals surface area (Å²) in [6.07, 6.45) is -0.136. The van der Waals surface area contributed by atoms with Crippen LogP contribution in [0.3, 0.4) is 0 Å². The second kappa shape index (κ2) is 11.9. The molecule has 0 fully saturated rings. The molecule has 0 amide bonds. The number of rotatable bonds is 12. The first-order valence-electron chi connectivity index (χ1n) is 11.0. The van der Waals surface area contributed by atoms with E-state index in [9.17, 15) is 9.50 Å². The first kappa shape index (κ1) is 24.2. The number of ether oxygens (including phenoxy) is 2. The smallest absolute Gasteiger partial charge is 0.145 e. The number of methoxy groups -OCH3 is 1. The monoisotopic (exact) mass is 444 g/mol. The average molecular weight is 445 g/mol. The Morgan fingerprint density at radius 3 is 2.69 bits per heavy atom. The van der Waals surface area contributed by atoms with Gasteiger partial charge in [-0.05, 0) is 41.3 Å². The zero-order valence-electron chi connectivity index (χ0n) is 19.0. The summed E-state index contributed by atoms with van der Waals surface area (Å²) in [4.78, 5) is 7.82. The Morgan fingerprint density at radius 2 is 1.97 bits per heavy atom. The molecule has 174 valence electrons. The molecule has 0 spiro atoms. The van der Waals surface area contributed by atoms with Gasteiger partial charge >= 0.3 is 0 Å². The predicted octanol–water partition coefficient (Wildman–Crippen LogP) is 3.86. The lowest BCUT2D eigenvalue weighted by Gasteiger charge is -2.27. The molecule has 0 radical (unpaired) electrons. The van der Waals surface area contributed by atoms with E-state index in [1.807, 2.05) is 24.3 Å². The van der Waals surface area contributed by atoms with Crippen LogP contribution in [-0.2, 0) is 16.1 Å². The third-order valence-corrected chi connectivity index (χ3v) is 5.14. The number of aliphatic hydroxyl groups is 1. The molecule has 1 aliphatic heterocycles. The van der Waals surface area contributed by atoms with Crippen LogP contribution in [0.25, 0.3) is 0 Å². The van der Waals surface area contributed by atoms with Crippen LogP contribution in [0.1, 0.15) is 31.4 Å². The minimum absolute atomic E-state index is 0.149. The van der Waals surface area contributed by atoms with Crippen LogP contribution in [0, 0.1) is 11.7 Å². The summed E-state index contributed by atoms with van der Waals surface area (Å²) in [6.45, 7) is 6.73. The first-order chi connectivity index (χ1) is 15.4. The Hall–Kier alpha value is -2.48. The van der Waals surface area contributed by atoms with Crippen LogP contribution in [0.4, 0.5) is 4.39 Å². The molecule has 7 heteroatoms. The maximum Gasteiger partial charge on any atom is 0.145 e. The van der Waals surface area contributed by atoms with Crippen LogP contribution in [0.15, 0.2) is 53.7 Å². The number of hydrogen-bond donors (Lipinski definition) is 1. The Balaban J connectivity index is 1.61. The third kappa shape index (κ3) is 7.58. The zero-order chi connectivity index (χ0) is 22.9. The summed E-state index contributed by atoms with van der Waals surface area (Å²) in [5.74, 6) is 0.939. The van der Waals surface area contributed by atoms with Gasteiger partial charge in [-0.1, -0.05) is 43.3 Å². The lowest BCUT2D eigenvalue weighted by atomic mass is 10.0. The molecule has 1 heterocycles. The molecule has 32 heavy (non-hydrogen) atoms. The molecule has 0 saturated heterocycles. The standard InChI is InChI=1S/C25H33FN2O4/c1-18(2)16-31-17-22(29)14-28(13-19-5-4-6-23(11-19)30-3)15-24-12-25(27-32-24)20-7-9-21(26)10-8-20/h4-11,18,22,24,29H,12-17H2,1-3H3/t22-,24-/m1/s1. The largest absolute Gasteiger partial charge is 0.497 e. The van der Waals surface area contributed by atoms with Gasteiger partial charge in [-0.15, -0.1) is 0 Å². The summed E-state index contributed by atoms with van der Waals surface area (Å²) < 4.78 is 24.2. The van der Waals surface area contributed by atoms with Crippen LogP contribution in [0.5, 0.6) is 5.75 Å². The second-order valence-electron chi connectivity index (χ2n) is 8.61. The van der Waals surface area contributed by atoms with E-state index in [0.29, 0.717) is 38.6 Å². The molecule has 2 atom stereocenters. The maximum atomic E-state index is 13.2. The van der Waals surface area contributed by atoms with Crippen molar-refractivity contribution in [3.63, 3.8) is 0 Å². The van der Waals surface area contributed by atoms with Gasteiger partial charge in [-0.2, -0.15) is 0 Å². The van der Waals surface area contributed by atoms with E-state index in [-0.39, 0.29) is 18.5 Å². The van der Waals surface area contributed by atoms with E-state index in [0.717, 1.165) is 22.6 Å². The van der Waals surface area contributed by atoms with Crippen molar-refractivity contribution < 1.29 is 23.8 Å². The Bertz CT molecular complexity index is 873. The highest BCUT2D eigenvalue weighted by Gasteiger charge is 2.26. The van der Waals surface area contributed by atoms with Gasteiger partial charge in [0, 0.05) is 32.7 Å². The molecule has 1 N–H and O–H groups in total. The molecule has 2 aromatic carbocycles. The van der Waals surface area contributed by atoms with E-state index in [4.69, 9.17) is 14.3 Å². The number of benzene rings is 2. The van der Waals surface area contributed by atoms with Crippen molar-refractivity contribution in [2.75, 3.05) is 33.4 Å². The summed E-state index contributed by atoms with van der Waals surface area (Å²) >= 11 is 0. The first-order valence-corrected chi connectivity index (χ1v) is 11.0. The van der Waals surface area contributed by atoms with E-state index >= 15 is 0 Å². The number of halogens is 1. The predicted molar refractivity (Wildman–Crippen MR) is 122 cm³/mol. The minimum Gasteiger partial charge on any atom is -0.497 e. The van der Waals surface area contributed by atoms with E-state index in [1.165, 1.54) is 12.1 Å². The van der Waals surface area contributed by atoms with Gasteiger partial charge in [0.2, 0.25) is 0 Å². The molecule has 3 rings (SSSR count). The van der Waals surface area contributed by atoms with E-state index < -0.39 is 6.10 Å². The van der Waals surface area contributed by atoms with Crippen molar-refractivity contribution in [3.05, 3.63) is 65.5 Å². The molecular weight excluding hydrogens is 411 g/mol. The summed E-state index contributed by atoms with van der Waals surface area (Å²) in [5.41, 5.74) is 2.74. The van der Waals surface area contributed by atoms with Gasteiger partial charge in [0.05, 0.1) is 25.5 Å². The van der Waals surface area contributed by atoms with Gasteiger partial charge < -0.3 is 19.4 Å². The quantitative estimate of drug-likeness (QED) is 0.539. The lowest BCUT2D eigenvalue weighted by molar-refractivity contribution is -0.00735. The van der Waals surface area contributed by atoms with E-state index in [2.05, 4.69) is 23.9 Å². The molecule has 2 aromatic rings. The summed E-state index contributed by atoms with van der Waals surface area (Å²) in [6, 6.07) is 14.2. The highest BCUT2D eigenvalue weighted by Crippen LogP contribution is 2.20. The van der Waals surface area contributed by atoms with Gasteiger partial charge in [0.25, 0.3) is 0 Å².